The van der Waals surface area contributed by atoms with Gasteiger partial charge in [0.1, 0.15) is 0 Å². The zero-order valence-corrected chi connectivity index (χ0v) is 7.97. The third kappa shape index (κ3) is 2.25. The maximum atomic E-state index is 3.50. The lowest BCUT2D eigenvalue weighted by atomic mass is 9.87. The molecule has 0 aromatic carbocycles. The number of hydrogen-bond donors (Lipinski definition) is 0. The molecule has 2 aliphatic carbocycles. The van der Waals surface area contributed by atoms with E-state index in [4.69, 9.17) is 0 Å². The fraction of sp³-hybridized carbons (Fsp3) is 0.750. The Labute approximate surface area is 75.4 Å². The van der Waals surface area contributed by atoms with Crippen LogP contribution in [0.3, 0.4) is 0 Å². The predicted octanol–water partition coefficient (Wildman–Crippen LogP) is 3.69. The molecule has 0 atom stereocenters. The van der Waals surface area contributed by atoms with Crippen molar-refractivity contribution in [1.29, 1.82) is 0 Å². The average molecular weight is 162 g/mol. The summed E-state index contributed by atoms with van der Waals surface area (Å²) in [4.78, 5) is 0. The summed E-state index contributed by atoms with van der Waals surface area (Å²) in [6.45, 7) is 2.36. The predicted molar refractivity (Wildman–Crippen MR) is 52.0 cm³/mol. The van der Waals surface area contributed by atoms with Crippen LogP contribution in [-0.2, 0) is 0 Å². The normalized spacial score (nSPS) is 29.8. The summed E-state index contributed by atoms with van der Waals surface area (Å²) in [7, 11) is 0. The Morgan fingerprint density at radius 3 is 2.42 bits per heavy atom. The Bertz CT molecular complexity index is 204. The molecule has 0 aromatic rings. The monoisotopic (exact) mass is 162 g/mol. The van der Waals surface area contributed by atoms with E-state index < -0.39 is 0 Å². The fourth-order valence-corrected chi connectivity index (χ4v) is 1.75. The zero-order valence-electron chi connectivity index (χ0n) is 7.97. The largest absolute Gasteiger partial charge is 0.126 e. The molecule has 0 N–H and O–H groups in total. The minimum absolute atomic E-state index is 0.900. The minimum atomic E-state index is 0.900. The van der Waals surface area contributed by atoms with Crippen LogP contribution in [0, 0.1) is 11.8 Å². The minimum Gasteiger partial charge on any atom is -0.126 e. The lowest BCUT2D eigenvalue weighted by Gasteiger charge is -2.18. The van der Waals surface area contributed by atoms with Gasteiger partial charge in [0.2, 0.25) is 0 Å². The summed E-state index contributed by atoms with van der Waals surface area (Å²) in [5.41, 5.74) is 5.08. The third-order valence-electron chi connectivity index (χ3n) is 3.02. The van der Waals surface area contributed by atoms with Crippen LogP contribution < -0.4 is 0 Å². The van der Waals surface area contributed by atoms with E-state index in [-0.39, 0.29) is 0 Å². The van der Waals surface area contributed by atoms with Crippen LogP contribution >= 0.6 is 0 Å². The highest BCUT2D eigenvalue weighted by molar-refractivity contribution is 5.07. The molecule has 2 aliphatic rings. The van der Waals surface area contributed by atoms with Gasteiger partial charge in [-0.3, -0.25) is 0 Å². The van der Waals surface area contributed by atoms with Crippen LogP contribution in [0.2, 0.25) is 0 Å². The van der Waals surface area contributed by atoms with Crippen LogP contribution in [0.25, 0.3) is 0 Å². The smallest absolute Gasteiger partial charge is 0.0157 e. The van der Waals surface area contributed by atoms with Gasteiger partial charge in [-0.1, -0.05) is 6.92 Å². The summed E-state index contributed by atoms with van der Waals surface area (Å²) >= 11 is 0. The highest BCUT2D eigenvalue weighted by atomic mass is 14.2. The van der Waals surface area contributed by atoms with Crippen molar-refractivity contribution >= 4 is 0 Å². The number of hydrogen-bond acceptors (Lipinski definition) is 0. The van der Waals surface area contributed by atoms with Gasteiger partial charge < -0.3 is 0 Å². The average Bonchev–Trinajstić information content (AvgIpc) is 2.87. The van der Waals surface area contributed by atoms with E-state index >= 15 is 0 Å². The molecule has 0 unspecified atom stereocenters. The molecule has 0 bridgehead atoms. The van der Waals surface area contributed by atoms with Gasteiger partial charge in [0, 0.05) is 0 Å². The highest BCUT2D eigenvalue weighted by Crippen LogP contribution is 2.31. The second-order valence-corrected chi connectivity index (χ2v) is 4.43. The Hall–Kier alpha value is -0.480. The van der Waals surface area contributed by atoms with Gasteiger partial charge in [0.25, 0.3) is 0 Å². The van der Waals surface area contributed by atoms with Gasteiger partial charge in [-0.25, -0.2) is 0 Å². The quantitative estimate of drug-likeness (QED) is 0.516. The molecular weight excluding hydrogens is 144 g/mol. The Morgan fingerprint density at radius 2 is 1.83 bits per heavy atom. The molecule has 0 aliphatic heterocycles. The summed E-state index contributed by atoms with van der Waals surface area (Å²) in [6.07, 6.45) is 10.5. The van der Waals surface area contributed by atoms with Crippen molar-refractivity contribution in [2.45, 2.75) is 45.4 Å². The van der Waals surface area contributed by atoms with Gasteiger partial charge >= 0.3 is 0 Å². The van der Waals surface area contributed by atoms with E-state index in [2.05, 4.69) is 18.7 Å². The number of allylic oxidation sites excluding steroid dienone is 1. The molecule has 12 heavy (non-hydrogen) atoms. The summed E-state index contributed by atoms with van der Waals surface area (Å²) < 4.78 is 0. The molecule has 0 aromatic heterocycles. The van der Waals surface area contributed by atoms with Crippen LogP contribution in [0.5, 0.6) is 0 Å². The van der Waals surface area contributed by atoms with Crippen LogP contribution in [0.15, 0.2) is 17.4 Å². The van der Waals surface area contributed by atoms with E-state index in [1.165, 1.54) is 38.5 Å². The van der Waals surface area contributed by atoms with E-state index in [1.807, 2.05) is 0 Å². The molecule has 0 heterocycles. The summed E-state index contributed by atoms with van der Waals surface area (Å²) in [5, 5.41) is 0. The van der Waals surface area contributed by atoms with Crippen molar-refractivity contribution in [3.8, 4) is 0 Å². The standard InChI is InChI=1S/C12H18/c1-10-2-4-11(5-3-10)6-7-12-8-9-12/h7,10,12H,2-5,8-9H2,1H3. The van der Waals surface area contributed by atoms with E-state index in [0.29, 0.717) is 0 Å². The Balaban J connectivity index is 1.91. The van der Waals surface area contributed by atoms with Gasteiger partial charge in [-0.2, -0.15) is 0 Å². The first-order chi connectivity index (χ1) is 5.84. The van der Waals surface area contributed by atoms with Crippen molar-refractivity contribution in [2.24, 2.45) is 11.8 Å². The molecular formula is C12H18. The van der Waals surface area contributed by atoms with Gasteiger partial charge in [-0.15, -0.1) is 5.73 Å². The molecule has 0 saturated heterocycles. The lowest BCUT2D eigenvalue weighted by Crippen LogP contribution is -2.02. The third-order valence-corrected chi connectivity index (χ3v) is 3.02. The van der Waals surface area contributed by atoms with Crippen LogP contribution in [0.1, 0.15) is 45.4 Å². The first-order valence-electron chi connectivity index (χ1n) is 5.29. The maximum absolute atomic E-state index is 3.50. The van der Waals surface area contributed by atoms with Gasteiger partial charge in [0.15, 0.2) is 0 Å². The summed E-state index contributed by atoms with van der Waals surface area (Å²) in [5.74, 6) is 1.85. The van der Waals surface area contributed by atoms with Crippen molar-refractivity contribution < 1.29 is 0 Å². The fourth-order valence-electron chi connectivity index (χ4n) is 1.75. The topological polar surface area (TPSA) is 0 Å². The highest BCUT2D eigenvalue weighted by Gasteiger charge is 2.17. The first-order valence-corrected chi connectivity index (χ1v) is 5.29. The first kappa shape index (κ1) is 8.13. The maximum Gasteiger partial charge on any atom is -0.0157 e. The molecule has 0 heteroatoms. The molecule has 0 radical (unpaired) electrons. The number of rotatable bonds is 1. The second-order valence-electron chi connectivity index (χ2n) is 4.43. The molecule has 0 nitrogen and oxygen atoms in total. The summed E-state index contributed by atoms with van der Waals surface area (Å²) in [6, 6.07) is 0. The Morgan fingerprint density at radius 1 is 1.17 bits per heavy atom. The van der Waals surface area contributed by atoms with Crippen LogP contribution in [-0.4, -0.2) is 0 Å². The molecule has 2 saturated carbocycles. The van der Waals surface area contributed by atoms with Crippen LogP contribution in [0.4, 0.5) is 0 Å². The van der Waals surface area contributed by atoms with E-state index in [1.54, 1.807) is 5.57 Å². The zero-order chi connectivity index (χ0) is 8.39. The molecule has 2 fully saturated rings. The van der Waals surface area contributed by atoms with Crippen molar-refractivity contribution in [1.82, 2.24) is 0 Å². The van der Waals surface area contributed by atoms with Gasteiger partial charge in [0.05, 0.1) is 0 Å². The SMILES string of the molecule is CC1CCC(=C=CC2CC2)CC1. The molecule has 66 valence electrons. The lowest BCUT2D eigenvalue weighted by molar-refractivity contribution is 0.444. The van der Waals surface area contributed by atoms with Crippen molar-refractivity contribution in [2.75, 3.05) is 0 Å². The molecule has 0 amide bonds. The van der Waals surface area contributed by atoms with Crippen molar-refractivity contribution in [3.05, 3.63) is 17.4 Å². The van der Waals surface area contributed by atoms with Crippen molar-refractivity contribution in [3.63, 3.8) is 0 Å². The molecule has 2 rings (SSSR count). The van der Waals surface area contributed by atoms with Gasteiger partial charge in [-0.05, 0) is 62.0 Å². The molecule has 0 spiro atoms. The second kappa shape index (κ2) is 3.49. The van der Waals surface area contributed by atoms with E-state index in [0.717, 1.165) is 11.8 Å². The van der Waals surface area contributed by atoms with E-state index in [9.17, 15) is 0 Å². The Kier molecular flexibility index (Phi) is 2.37.